The van der Waals surface area contributed by atoms with Crippen LogP contribution >= 0.6 is 0 Å². The molecule has 1 atom stereocenters. The molecular weight excluding hydrogens is 609 g/mol. The molecule has 3 rings (SSSR count). The number of ether oxygens (including phenoxy) is 1. The highest BCUT2D eigenvalue weighted by molar-refractivity contribution is 5.88. The van der Waals surface area contributed by atoms with Gasteiger partial charge in [0.25, 0.3) is 5.60 Å². The second kappa shape index (κ2) is 10.3. The summed E-state index contributed by atoms with van der Waals surface area (Å²) in [7, 11) is 0. The summed E-state index contributed by atoms with van der Waals surface area (Å²) in [4.78, 5) is 16.6. The van der Waals surface area contributed by atoms with E-state index < -0.39 is 70.8 Å². The van der Waals surface area contributed by atoms with Gasteiger partial charge < -0.3 is 9.84 Å². The molecule has 0 aliphatic heterocycles. The Balaban J connectivity index is 2.34. The Labute approximate surface area is 226 Å². The molecule has 0 saturated heterocycles. The van der Waals surface area contributed by atoms with Crippen molar-refractivity contribution in [1.82, 2.24) is 4.98 Å². The van der Waals surface area contributed by atoms with E-state index >= 15 is 8.78 Å². The summed E-state index contributed by atoms with van der Waals surface area (Å²) in [6, 6.07) is 11.0. The van der Waals surface area contributed by atoms with Crippen LogP contribution in [0.25, 0.3) is 22.2 Å². The molecule has 0 radical (unpaired) electrons. The average Bonchev–Trinajstić information content (AvgIpc) is 2.91. The molecule has 0 amide bonds. The maximum absolute atomic E-state index is 15.5. The molecular formula is C25H16F13NO3. The SMILES string of the molecule is CCOC(=O)C(O)(c1ccccc1-c1ccc2ccccc2n1)C(F)(F)C(F)(F)C(F)(F)C(F)(F)C(F)(F)C(F)(F)F. The second-order valence-electron chi connectivity index (χ2n) is 8.74. The second-order valence-corrected chi connectivity index (χ2v) is 8.74. The number of esters is 1. The van der Waals surface area contributed by atoms with Gasteiger partial charge in [-0.05, 0) is 19.1 Å². The smallest absolute Gasteiger partial charge is 0.460 e. The van der Waals surface area contributed by atoms with Crippen molar-refractivity contribution in [3.8, 4) is 11.3 Å². The van der Waals surface area contributed by atoms with Gasteiger partial charge in [0, 0.05) is 16.5 Å². The van der Waals surface area contributed by atoms with Gasteiger partial charge in [0.1, 0.15) is 0 Å². The number of fused-ring (bicyclic) bond motifs is 1. The van der Waals surface area contributed by atoms with Gasteiger partial charge in [-0.2, -0.15) is 57.1 Å². The Hall–Kier alpha value is -3.63. The first-order valence-corrected chi connectivity index (χ1v) is 11.3. The lowest BCUT2D eigenvalue weighted by atomic mass is 9.78. The van der Waals surface area contributed by atoms with Gasteiger partial charge in [0.2, 0.25) is 0 Å². The lowest BCUT2D eigenvalue weighted by Gasteiger charge is -2.44. The summed E-state index contributed by atoms with van der Waals surface area (Å²) in [5.41, 5.74) is -8.33. The van der Waals surface area contributed by atoms with Crippen molar-refractivity contribution >= 4 is 16.9 Å². The van der Waals surface area contributed by atoms with Crippen LogP contribution in [0, 0.1) is 0 Å². The van der Waals surface area contributed by atoms with Crippen molar-refractivity contribution in [3.05, 3.63) is 66.2 Å². The van der Waals surface area contributed by atoms with E-state index in [1.807, 2.05) is 0 Å². The monoisotopic (exact) mass is 625 g/mol. The number of para-hydroxylation sites is 1. The number of pyridine rings is 1. The predicted octanol–water partition coefficient (Wildman–Crippen LogP) is 7.39. The molecule has 1 heterocycles. The average molecular weight is 625 g/mol. The summed E-state index contributed by atoms with van der Waals surface area (Å²) in [5, 5.41) is 11.3. The van der Waals surface area contributed by atoms with Crippen molar-refractivity contribution in [2.24, 2.45) is 0 Å². The molecule has 0 fully saturated rings. The van der Waals surface area contributed by atoms with Crippen LogP contribution in [0.2, 0.25) is 0 Å². The van der Waals surface area contributed by atoms with Crippen LogP contribution in [0.4, 0.5) is 57.1 Å². The predicted molar refractivity (Wildman–Crippen MR) is 118 cm³/mol. The van der Waals surface area contributed by atoms with E-state index in [-0.39, 0.29) is 11.6 Å². The Bertz CT molecular complexity index is 1470. The number of hydrogen-bond acceptors (Lipinski definition) is 4. The van der Waals surface area contributed by atoms with Crippen LogP contribution in [0.3, 0.4) is 0 Å². The van der Waals surface area contributed by atoms with Gasteiger partial charge in [-0.25, -0.2) is 9.78 Å². The third-order valence-corrected chi connectivity index (χ3v) is 6.15. The number of rotatable bonds is 9. The van der Waals surface area contributed by atoms with Gasteiger partial charge in [-0.15, -0.1) is 0 Å². The fourth-order valence-corrected chi connectivity index (χ4v) is 3.88. The van der Waals surface area contributed by atoms with Gasteiger partial charge in [0.05, 0.1) is 17.8 Å². The highest BCUT2D eigenvalue weighted by atomic mass is 19.4. The number of nitrogens with zero attached hydrogens (tertiary/aromatic N) is 1. The standard InChI is InChI=1S/C25H16F13NO3/c1-2-42-18(40)19(41,15-9-5-4-8-14(15)17-12-11-13-7-3-6-10-16(13)39-17)20(26,27)21(28,29)22(30,31)23(32,33)24(34,35)25(36,37)38/h3-12,41H,2H2,1H3. The van der Waals surface area contributed by atoms with E-state index in [2.05, 4.69) is 9.72 Å². The van der Waals surface area contributed by atoms with Crippen molar-refractivity contribution < 1.29 is 71.7 Å². The van der Waals surface area contributed by atoms with Crippen LogP contribution in [0.15, 0.2) is 60.7 Å². The van der Waals surface area contributed by atoms with E-state index in [1.165, 1.54) is 24.3 Å². The Morgan fingerprint density at radius 1 is 0.690 bits per heavy atom. The fraction of sp³-hybridized carbons (Fsp3) is 0.360. The van der Waals surface area contributed by atoms with Crippen LogP contribution < -0.4 is 0 Å². The van der Waals surface area contributed by atoms with Crippen molar-refractivity contribution in [2.45, 2.75) is 48.3 Å². The number of aromatic nitrogens is 1. The van der Waals surface area contributed by atoms with Gasteiger partial charge >= 0.3 is 41.8 Å². The Morgan fingerprint density at radius 3 is 1.76 bits per heavy atom. The highest BCUT2D eigenvalue weighted by Crippen LogP contribution is 2.63. The van der Waals surface area contributed by atoms with E-state index in [0.717, 1.165) is 25.1 Å². The van der Waals surface area contributed by atoms with Crippen LogP contribution in [-0.2, 0) is 15.1 Å². The molecule has 2 aromatic carbocycles. The molecule has 0 aliphatic rings. The first-order chi connectivity index (χ1) is 19.0. The number of aliphatic hydroxyl groups is 1. The number of carbonyl (C=O) groups is 1. The molecule has 17 heteroatoms. The van der Waals surface area contributed by atoms with Crippen LogP contribution in [-0.4, -0.2) is 58.5 Å². The molecule has 230 valence electrons. The van der Waals surface area contributed by atoms with Crippen molar-refractivity contribution in [2.75, 3.05) is 6.61 Å². The summed E-state index contributed by atoms with van der Waals surface area (Å²) < 4.78 is 186. The largest absolute Gasteiger partial charge is 0.463 e. The highest BCUT2D eigenvalue weighted by Gasteiger charge is 2.93. The zero-order chi connectivity index (χ0) is 32.2. The molecule has 3 aromatic rings. The normalized spacial score (nSPS) is 15.4. The molecule has 1 unspecified atom stereocenters. The van der Waals surface area contributed by atoms with Crippen LogP contribution in [0.1, 0.15) is 12.5 Å². The van der Waals surface area contributed by atoms with E-state index in [9.17, 15) is 58.2 Å². The lowest BCUT2D eigenvalue weighted by molar-refractivity contribution is -0.449. The molecule has 0 saturated carbocycles. The molecule has 4 nitrogen and oxygen atoms in total. The quantitative estimate of drug-likeness (QED) is 0.199. The zero-order valence-corrected chi connectivity index (χ0v) is 20.6. The van der Waals surface area contributed by atoms with Gasteiger partial charge in [-0.1, -0.05) is 48.5 Å². The van der Waals surface area contributed by atoms with Gasteiger partial charge in [0.15, 0.2) is 0 Å². The minimum absolute atomic E-state index is 0.113. The number of alkyl halides is 13. The number of halogens is 13. The summed E-state index contributed by atoms with van der Waals surface area (Å²) >= 11 is 0. The third-order valence-electron chi connectivity index (χ3n) is 6.15. The molecule has 42 heavy (non-hydrogen) atoms. The Kier molecular flexibility index (Phi) is 8.04. The zero-order valence-electron chi connectivity index (χ0n) is 20.6. The van der Waals surface area contributed by atoms with E-state index in [4.69, 9.17) is 0 Å². The summed E-state index contributed by atoms with van der Waals surface area (Å²) in [5.74, 6) is -42.6. The number of carbonyl (C=O) groups excluding carboxylic acids is 1. The maximum Gasteiger partial charge on any atom is 0.460 e. The Morgan fingerprint density at radius 2 is 1.19 bits per heavy atom. The summed E-state index contributed by atoms with van der Waals surface area (Å²) in [6.45, 7) is -0.157. The number of benzene rings is 2. The molecule has 0 bridgehead atoms. The lowest BCUT2D eigenvalue weighted by Crippen LogP contribution is -2.74. The van der Waals surface area contributed by atoms with Crippen LogP contribution in [0.5, 0.6) is 0 Å². The molecule has 0 aliphatic carbocycles. The first-order valence-electron chi connectivity index (χ1n) is 11.3. The van der Waals surface area contributed by atoms with Crippen molar-refractivity contribution in [1.29, 1.82) is 0 Å². The molecule has 1 N–H and O–H groups in total. The maximum atomic E-state index is 15.5. The van der Waals surface area contributed by atoms with Crippen molar-refractivity contribution in [3.63, 3.8) is 0 Å². The minimum atomic E-state index is -8.25. The van der Waals surface area contributed by atoms with Gasteiger partial charge in [-0.3, -0.25) is 0 Å². The van der Waals surface area contributed by atoms with E-state index in [0.29, 0.717) is 11.5 Å². The number of hydrogen-bond donors (Lipinski definition) is 1. The summed E-state index contributed by atoms with van der Waals surface area (Å²) in [6.07, 6.45) is -7.63. The first kappa shape index (κ1) is 32.9. The topological polar surface area (TPSA) is 59.4 Å². The fourth-order valence-electron chi connectivity index (χ4n) is 3.88. The molecule has 1 aromatic heterocycles. The molecule has 0 spiro atoms. The third kappa shape index (κ3) is 4.52. The minimum Gasteiger partial charge on any atom is -0.463 e. The van der Waals surface area contributed by atoms with E-state index in [1.54, 1.807) is 6.07 Å².